The van der Waals surface area contributed by atoms with Crippen molar-refractivity contribution in [2.75, 3.05) is 4.90 Å². The van der Waals surface area contributed by atoms with Gasteiger partial charge < -0.3 is 10.6 Å². The summed E-state index contributed by atoms with van der Waals surface area (Å²) in [5.41, 5.74) is 6.14. The monoisotopic (exact) mass is 234 g/mol. The summed E-state index contributed by atoms with van der Waals surface area (Å²) in [7, 11) is 0. The number of aryl methyl sites for hydroxylation is 1. The zero-order valence-electron chi connectivity index (χ0n) is 10.5. The maximum Gasteiger partial charge on any atom is 0.151 e. The van der Waals surface area contributed by atoms with E-state index in [9.17, 15) is 0 Å². The van der Waals surface area contributed by atoms with E-state index in [1.165, 1.54) is 19.3 Å². The highest BCUT2D eigenvalue weighted by molar-refractivity contribution is 5.42. The van der Waals surface area contributed by atoms with Gasteiger partial charge in [-0.1, -0.05) is 0 Å². The molecule has 0 spiro atoms. The van der Waals surface area contributed by atoms with Gasteiger partial charge in [-0.2, -0.15) is 5.10 Å². The van der Waals surface area contributed by atoms with Gasteiger partial charge in [-0.3, -0.25) is 4.68 Å². The molecule has 0 aromatic carbocycles. The Bertz CT molecular complexity index is 373. The van der Waals surface area contributed by atoms with Crippen LogP contribution >= 0.6 is 0 Å². The van der Waals surface area contributed by atoms with Crippen LogP contribution in [0, 0.1) is 0 Å². The van der Waals surface area contributed by atoms with Gasteiger partial charge in [-0.15, -0.1) is 0 Å². The van der Waals surface area contributed by atoms with Crippen molar-refractivity contribution >= 4 is 5.82 Å². The Balaban J connectivity index is 1.86. The number of nitrogens with two attached hydrogens (primary N) is 1. The number of hydrogen-bond donors (Lipinski definition) is 1. The van der Waals surface area contributed by atoms with Gasteiger partial charge in [0.15, 0.2) is 5.82 Å². The zero-order valence-corrected chi connectivity index (χ0v) is 10.5. The summed E-state index contributed by atoms with van der Waals surface area (Å²) in [5.74, 6) is 1.16. The number of nitrogens with zero attached hydrogens (tertiary/aromatic N) is 3. The number of anilines is 1. The lowest BCUT2D eigenvalue weighted by molar-refractivity contribution is 0.269. The Kier molecular flexibility index (Phi) is 2.82. The van der Waals surface area contributed by atoms with Crippen LogP contribution < -0.4 is 10.6 Å². The molecule has 1 aromatic rings. The van der Waals surface area contributed by atoms with E-state index in [0.29, 0.717) is 18.1 Å². The van der Waals surface area contributed by atoms with E-state index in [4.69, 9.17) is 5.73 Å². The first kappa shape index (κ1) is 11.1. The fraction of sp³-hybridized carbons (Fsp3) is 0.769. The molecule has 2 aliphatic rings. The molecule has 2 aliphatic heterocycles. The van der Waals surface area contributed by atoms with Crippen molar-refractivity contribution in [3.8, 4) is 0 Å². The van der Waals surface area contributed by atoms with Crippen LogP contribution in [0.1, 0.15) is 39.0 Å². The molecule has 0 amide bonds. The minimum absolute atomic E-state index is 0.398. The van der Waals surface area contributed by atoms with Gasteiger partial charge in [-0.25, -0.2) is 0 Å². The fourth-order valence-corrected chi connectivity index (χ4v) is 3.46. The minimum atomic E-state index is 0.398. The van der Waals surface area contributed by atoms with Gasteiger partial charge in [0.2, 0.25) is 0 Å². The smallest absolute Gasteiger partial charge is 0.151 e. The van der Waals surface area contributed by atoms with E-state index in [1.54, 1.807) is 0 Å². The standard InChI is InChI=1S/C13H22N4/c1-2-16-7-6-13(15-16)17-11-4-3-5-12(17)9-10(14)8-11/h6-7,10-12H,2-5,8-9,14H2,1H3. The Labute approximate surface area is 103 Å². The fourth-order valence-electron chi connectivity index (χ4n) is 3.46. The van der Waals surface area contributed by atoms with Crippen LogP contribution in [0.25, 0.3) is 0 Å². The Morgan fingerprint density at radius 3 is 2.65 bits per heavy atom. The van der Waals surface area contributed by atoms with Crippen LogP contribution in [0.2, 0.25) is 0 Å². The first-order valence-corrected chi connectivity index (χ1v) is 6.85. The molecule has 17 heavy (non-hydrogen) atoms. The molecule has 2 bridgehead atoms. The Morgan fingerprint density at radius 1 is 1.35 bits per heavy atom. The quantitative estimate of drug-likeness (QED) is 0.848. The van der Waals surface area contributed by atoms with Crippen LogP contribution in [0.15, 0.2) is 12.3 Å². The van der Waals surface area contributed by atoms with E-state index in [2.05, 4.69) is 29.2 Å². The first-order chi connectivity index (χ1) is 8.28. The largest absolute Gasteiger partial charge is 0.349 e. The summed E-state index contributed by atoms with van der Waals surface area (Å²) in [4.78, 5) is 2.54. The second-order valence-corrected chi connectivity index (χ2v) is 5.41. The third-order valence-corrected chi connectivity index (χ3v) is 4.23. The van der Waals surface area contributed by atoms with Gasteiger partial charge in [0.25, 0.3) is 0 Å². The van der Waals surface area contributed by atoms with Crippen molar-refractivity contribution < 1.29 is 0 Å². The van der Waals surface area contributed by atoms with E-state index in [-0.39, 0.29) is 0 Å². The Morgan fingerprint density at radius 2 is 2.06 bits per heavy atom. The third-order valence-electron chi connectivity index (χ3n) is 4.23. The van der Waals surface area contributed by atoms with E-state index < -0.39 is 0 Å². The van der Waals surface area contributed by atoms with Crippen LogP contribution in [0.3, 0.4) is 0 Å². The molecule has 4 heteroatoms. The van der Waals surface area contributed by atoms with E-state index in [0.717, 1.165) is 25.2 Å². The lowest BCUT2D eigenvalue weighted by Crippen LogP contribution is -2.55. The zero-order chi connectivity index (χ0) is 11.8. The molecule has 2 N–H and O–H groups in total. The van der Waals surface area contributed by atoms with Crippen LogP contribution in [-0.4, -0.2) is 27.9 Å². The van der Waals surface area contributed by atoms with Crippen molar-refractivity contribution in [1.82, 2.24) is 9.78 Å². The molecule has 2 atom stereocenters. The predicted molar refractivity (Wildman–Crippen MR) is 69.0 cm³/mol. The molecule has 2 unspecified atom stereocenters. The molecule has 3 heterocycles. The van der Waals surface area contributed by atoms with Crippen LogP contribution in [-0.2, 0) is 6.54 Å². The maximum absolute atomic E-state index is 6.14. The van der Waals surface area contributed by atoms with Crippen molar-refractivity contribution in [1.29, 1.82) is 0 Å². The molecule has 0 radical (unpaired) electrons. The molecular formula is C13H22N4. The summed E-state index contributed by atoms with van der Waals surface area (Å²) >= 11 is 0. The third kappa shape index (κ3) is 1.95. The topological polar surface area (TPSA) is 47.1 Å². The van der Waals surface area contributed by atoms with E-state index in [1.807, 2.05) is 4.68 Å². The van der Waals surface area contributed by atoms with Crippen LogP contribution in [0.4, 0.5) is 5.82 Å². The molecule has 2 fully saturated rings. The van der Waals surface area contributed by atoms with Gasteiger partial charge in [-0.05, 0) is 39.0 Å². The van der Waals surface area contributed by atoms with E-state index >= 15 is 0 Å². The normalized spacial score (nSPS) is 32.8. The SMILES string of the molecule is CCn1ccc(N2C3CCCC2CC(N)C3)n1. The Hall–Kier alpha value is -1.03. The van der Waals surface area contributed by atoms with Gasteiger partial charge >= 0.3 is 0 Å². The second kappa shape index (κ2) is 4.33. The molecule has 0 saturated carbocycles. The molecule has 3 rings (SSSR count). The summed E-state index contributed by atoms with van der Waals surface area (Å²) in [6.07, 6.45) is 8.27. The summed E-state index contributed by atoms with van der Waals surface area (Å²) < 4.78 is 2.01. The van der Waals surface area contributed by atoms with Crippen molar-refractivity contribution in [3.63, 3.8) is 0 Å². The molecule has 2 saturated heterocycles. The minimum Gasteiger partial charge on any atom is -0.349 e. The molecule has 4 nitrogen and oxygen atoms in total. The van der Waals surface area contributed by atoms with Gasteiger partial charge in [0.1, 0.15) is 0 Å². The number of aromatic nitrogens is 2. The highest BCUT2D eigenvalue weighted by atomic mass is 15.4. The van der Waals surface area contributed by atoms with Crippen molar-refractivity contribution in [2.24, 2.45) is 5.73 Å². The highest BCUT2D eigenvalue weighted by Gasteiger charge is 2.37. The van der Waals surface area contributed by atoms with Gasteiger partial charge in [0.05, 0.1) is 0 Å². The maximum atomic E-state index is 6.14. The average Bonchev–Trinajstić information content (AvgIpc) is 2.76. The number of piperidine rings is 2. The average molecular weight is 234 g/mol. The predicted octanol–water partition coefficient (Wildman–Crippen LogP) is 1.75. The molecule has 94 valence electrons. The number of fused-ring (bicyclic) bond motifs is 2. The van der Waals surface area contributed by atoms with Gasteiger partial charge in [0, 0.05) is 36.9 Å². The first-order valence-electron chi connectivity index (χ1n) is 6.85. The lowest BCUT2D eigenvalue weighted by Gasteiger charge is -2.48. The number of rotatable bonds is 2. The molecular weight excluding hydrogens is 212 g/mol. The molecule has 1 aromatic heterocycles. The van der Waals surface area contributed by atoms with Crippen LogP contribution in [0.5, 0.6) is 0 Å². The molecule has 0 aliphatic carbocycles. The number of hydrogen-bond acceptors (Lipinski definition) is 3. The summed E-state index contributed by atoms with van der Waals surface area (Å²) in [5, 5.41) is 4.66. The summed E-state index contributed by atoms with van der Waals surface area (Å²) in [6.45, 7) is 3.08. The van der Waals surface area contributed by atoms with Crippen molar-refractivity contribution in [3.05, 3.63) is 12.3 Å². The second-order valence-electron chi connectivity index (χ2n) is 5.41. The van der Waals surface area contributed by atoms with Crippen molar-refractivity contribution in [2.45, 2.75) is 63.7 Å². The summed E-state index contributed by atoms with van der Waals surface area (Å²) in [6, 6.07) is 3.80. The highest BCUT2D eigenvalue weighted by Crippen LogP contribution is 2.36. The lowest BCUT2D eigenvalue weighted by atomic mass is 9.82.